The molecule has 1 heterocycles. The van der Waals surface area contributed by atoms with E-state index < -0.39 is 11.7 Å². The molecule has 1 amide bonds. The van der Waals surface area contributed by atoms with Crippen molar-refractivity contribution in [3.8, 4) is 5.88 Å². The molecule has 0 saturated heterocycles. The molecule has 0 aliphatic heterocycles. The monoisotopic (exact) mass is 364 g/mol. The zero-order valence-corrected chi connectivity index (χ0v) is 12.9. The summed E-state index contributed by atoms with van der Waals surface area (Å²) in [6, 6.07) is 3.69. The van der Waals surface area contributed by atoms with E-state index in [-0.39, 0.29) is 0 Å². The van der Waals surface area contributed by atoms with Gasteiger partial charge in [0.25, 0.3) is 0 Å². The van der Waals surface area contributed by atoms with Crippen LogP contribution in [0.4, 0.5) is 4.79 Å². The zero-order chi connectivity index (χ0) is 13.6. The average molecular weight is 364 g/mol. The summed E-state index contributed by atoms with van der Waals surface area (Å²) in [6.45, 7) is 6.19. The van der Waals surface area contributed by atoms with E-state index in [1.165, 1.54) is 0 Å². The van der Waals surface area contributed by atoms with Gasteiger partial charge in [0.05, 0.1) is 6.54 Å². The Morgan fingerprint density at radius 3 is 2.72 bits per heavy atom. The number of ether oxygens (including phenoxy) is 2. The highest BCUT2D eigenvalue weighted by molar-refractivity contribution is 14.1. The van der Waals surface area contributed by atoms with Crippen LogP contribution in [-0.2, 0) is 4.74 Å². The second-order valence-electron chi connectivity index (χ2n) is 4.59. The Bertz CT molecular complexity index is 387. The second-order valence-corrected chi connectivity index (χ2v) is 5.84. The lowest BCUT2D eigenvalue weighted by molar-refractivity contribution is 0.0520. The minimum absolute atomic E-state index is 0.354. The molecule has 0 radical (unpaired) electrons. The summed E-state index contributed by atoms with van der Waals surface area (Å²) in [5, 5.41) is 2.61. The Morgan fingerprint density at radius 1 is 1.44 bits per heavy atom. The van der Waals surface area contributed by atoms with Gasteiger partial charge in [0.15, 0.2) is 0 Å². The molecule has 1 aromatic rings. The predicted octanol–water partition coefficient (Wildman–Crippen LogP) is 2.59. The van der Waals surface area contributed by atoms with Crippen LogP contribution in [-0.4, -0.2) is 29.8 Å². The molecule has 18 heavy (non-hydrogen) atoms. The molecule has 0 aromatic carbocycles. The molecule has 0 aliphatic carbocycles. The number of hydrogen-bond donors (Lipinski definition) is 1. The molecular weight excluding hydrogens is 347 g/mol. The number of alkyl carbamates (subject to hydrolysis) is 1. The van der Waals surface area contributed by atoms with Crippen LogP contribution in [0.2, 0.25) is 0 Å². The lowest BCUT2D eigenvalue weighted by atomic mass is 10.2. The zero-order valence-electron chi connectivity index (χ0n) is 10.7. The number of pyridine rings is 1. The van der Waals surface area contributed by atoms with Crippen molar-refractivity contribution in [2.24, 2.45) is 0 Å². The molecule has 0 aliphatic rings. The van der Waals surface area contributed by atoms with Gasteiger partial charge in [0.1, 0.15) is 12.2 Å². The van der Waals surface area contributed by atoms with E-state index in [0.717, 1.165) is 3.57 Å². The normalized spacial score (nSPS) is 10.9. The van der Waals surface area contributed by atoms with E-state index >= 15 is 0 Å². The summed E-state index contributed by atoms with van der Waals surface area (Å²) < 4.78 is 11.5. The Hall–Kier alpha value is -1.05. The van der Waals surface area contributed by atoms with Gasteiger partial charge in [-0.2, -0.15) is 0 Å². The summed E-state index contributed by atoms with van der Waals surface area (Å²) in [5.74, 6) is 0.543. The summed E-state index contributed by atoms with van der Waals surface area (Å²) in [5.41, 5.74) is -0.484. The van der Waals surface area contributed by atoms with Crippen LogP contribution in [0, 0.1) is 3.57 Å². The molecule has 6 heteroatoms. The number of aromatic nitrogens is 1. The van der Waals surface area contributed by atoms with Gasteiger partial charge in [-0.1, -0.05) is 0 Å². The highest BCUT2D eigenvalue weighted by Gasteiger charge is 2.15. The summed E-state index contributed by atoms with van der Waals surface area (Å²) in [6.07, 6.45) is 1.28. The molecule has 1 aromatic heterocycles. The lowest BCUT2D eigenvalue weighted by Gasteiger charge is -2.19. The van der Waals surface area contributed by atoms with E-state index in [1.54, 1.807) is 12.3 Å². The van der Waals surface area contributed by atoms with Crippen LogP contribution in [0.3, 0.4) is 0 Å². The largest absolute Gasteiger partial charge is 0.476 e. The number of carbonyl (C=O) groups is 1. The second kappa shape index (κ2) is 6.77. The highest BCUT2D eigenvalue weighted by Crippen LogP contribution is 2.09. The van der Waals surface area contributed by atoms with Crippen molar-refractivity contribution in [1.29, 1.82) is 0 Å². The van der Waals surface area contributed by atoms with Gasteiger partial charge < -0.3 is 14.8 Å². The first-order valence-corrected chi connectivity index (χ1v) is 6.66. The molecule has 5 nitrogen and oxygen atoms in total. The molecule has 0 bridgehead atoms. The first-order valence-electron chi connectivity index (χ1n) is 5.58. The third-order valence-electron chi connectivity index (χ3n) is 1.72. The van der Waals surface area contributed by atoms with Crippen molar-refractivity contribution in [2.75, 3.05) is 13.2 Å². The average Bonchev–Trinajstić information content (AvgIpc) is 2.24. The van der Waals surface area contributed by atoms with Gasteiger partial charge >= 0.3 is 6.09 Å². The minimum atomic E-state index is -0.484. The SMILES string of the molecule is CC(C)(C)OC(=O)NCCOc1ccc(I)cn1. The fourth-order valence-electron chi connectivity index (χ4n) is 1.07. The fraction of sp³-hybridized carbons (Fsp3) is 0.500. The van der Waals surface area contributed by atoms with E-state index in [0.29, 0.717) is 19.0 Å². The van der Waals surface area contributed by atoms with Gasteiger partial charge in [0.2, 0.25) is 5.88 Å². The number of rotatable bonds is 4. The van der Waals surface area contributed by atoms with Crippen LogP contribution in [0.5, 0.6) is 5.88 Å². The summed E-state index contributed by atoms with van der Waals surface area (Å²) >= 11 is 2.17. The van der Waals surface area contributed by atoms with Gasteiger partial charge in [-0.3, -0.25) is 0 Å². The van der Waals surface area contributed by atoms with Crippen LogP contribution >= 0.6 is 22.6 Å². The quantitative estimate of drug-likeness (QED) is 0.659. The topological polar surface area (TPSA) is 60.5 Å². The molecule has 1 N–H and O–H groups in total. The Kier molecular flexibility index (Phi) is 5.64. The van der Waals surface area contributed by atoms with E-state index in [4.69, 9.17) is 9.47 Å². The number of nitrogens with one attached hydrogen (secondary N) is 1. The summed E-state index contributed by atoms with van der Waals surface area (Å²) in [4.78, 5) is 15.4. The van der Waals surface area contributed by atoms with Crippen molar-refractivity contribution in [2.45, 2.75) is 26.4 Å². The molecule has 0 fully saturated rings. The number of hydrogen-bond acceptors (Lipinski definition) is 4. The van der Waals surface area contributed by atoms with Crippen molar-refractivity contribution >= 4 is 28.7 Å². The van der Waals surface area contributed by atoms with Gasteiger partial charge in [-0.15, -0.1) is 0 Å². The summed E-state index contributed by atoms with van der Waals surface area (Å²) in [7, 11) is 0. The minimum Gasteiger partial charge on any atom is -0.476 e. The Morgan fingerprint density at radius 2 is 2.17 bits per heavy atom. The standard InChI is InChI=1S/C12H17IN2O3/c1-12(2,3)18-11(16)14-6-7-17-10-5-4-9(13)8-15-10/h4-5,8H,6-7H2,1-3H3,(H,14,16). The Balaban J connectivity index is 2.19. The molecule has 0 spiro atoms. The van der Waals surface area contributed by atoms with Crippen molar-refractivity contribution in [3.05, 3.63) is 21.9 Å². The van der Waals surface area contributed by atoms with Gasteiger partial charge in [0, 0.05) is 15.8 Å². The third-order valence-corrected chi connectivity index (χ3v) is 2.36. The number of nitrogens with zero attached hydrogens (tertiary/aromatic N) is 1. The molecule has 1 rings (SSSR count). The lowest BCUT2D eigenvalue weighted by Crippen LogP contribution is -2.34. The predicted molar refractivity (Wildman–Crippen MR) is 76.7 cm³/mol. The third kappa shape index (κ3) is 6.63. The molecular formula is C12H17IN2O3. The van der Waals surface area contributed by atoms with Gasteiger partial charge in [-0.05, 0) is 49.4 Å². The molecule has 0 atom stereocenters. The van der Waals surface area contributed by atoms with E-state index in [2.05, 4.69) is 32.9 Å². The van der Waals surface area contributed by atoms with Crippen LogP contribution < -0.4 is 10.1 Å². The van der Waals surface area contributed by atoms with Gasteiger partial charge in [-0.25, -0.2) is 9.78 Å². The van der Waals surface area contributed by atoms with Crippen molar-refractivity contribution < 1.29 is 14.3 Å². The van der Waals surface area contributed by atoms with E-state index in [9.17, 15) is 4.79 Å². The number of halogens is 1. The molecule has 0 unspecified atom stereocenters. The van der Waals surface area contributed by atoms with Crippen molar-refractivity contribution in [1.82, 2.24) is 10.3 Å². The van der Waals surface area contributed by atoms with Crippen molar-refractivity contribution in [3.63, 3.8) is 0 Å². The van der Waals surface area contributed by atoms with Crippen LogP contribution in [0.25, 0.3) is 0 Å². The molecule has 0 saturated carbocycles. The van der Waals surface area contributed by atoms with E-state index in [1.807, 2.05) is 26.8 Å². The van der Waals surface area contributed by atoms with Crippen LogP contribution in [0.15, 0.2) is 18.3 Å². The number of amides is 1. The molecule has 100 valence electrons. The van der Waals surface area contributed by atoms with Crippen LogP contribution in [0.1, 0.15) is 20.8 Å². The first kappa shape index (κ1) is 15.0. The highest BCUT2D eigenvalue weighted by atomic mass is 127. The maximum Gasteiger partial charge on any atom is 0.407 e. The number of carbonyl (C=O) groups excluding carboxylic acids is 1. The fourth-order valence-corrected chi connectivity index (χ4v) is 1.39. The maximum atomic E-state index is 11.3. The first-order chi connectivity index (χ1) is 8.37. The maximum absolute atomic E-state index is 11.3. The smallest absolute Gasteiger partial charge is 0.407 e. The Labute approximate surface area is 120 Å².